The largest absolute Gasteiger partial charge is 0.271 e. The fraction of sp³-hybridized carbons (Fsp3) is 0.429. The molecular weight excluding hydrogens is 283 g/mol. The summed E-state index contributed by atoms with van der Waals surface area (Å²) >= 11 is 11.6. The first-order valence-corrected chi connectivity index (χ1v) is 7.17. The van der Waals surface area contributed by atoms with Crippen molar-refractivity contribution in [2.45, 2.75) is 39.0 Å². The first-order chi connectivity index (χ1) is 9.15. The van der Waals surface area contributed by atoms with E-state index in [1.807, 2.05) is 0 Å². The Hall–Kier alpha value is -1.06. The zero-order chi connectivity index (χ0) is 14.1. The molecule has 0 spiro atoms. The van der Waals surface area contributed by atoms with E-state index in [4.69, 9.17) is 23.2 Å². The molecule has 1 aromatic rings. The van der Waals surface area contributed by atoms with E-state index in [-0.39, 0.29) is 5.91 Å². The lowest BCUT2D eigenvalue weighted by Crippen LogP contribution is -2.17. The molecule has 0 heterocycles. The van der Waals surface area contributed by atoms with Crippen LogP contribution in [0.25, 0.3) is 0 Å². The molecule has 0 aliphatic heterocycles. The number of carbonyl (C=O) groups is 1. The molecule has 0 bridgehead atoms. The number of nitrogens with zero attached hydrogens (tertiary/aromatic N) is 1. The van der Waals surface area contributed by atoms with E-state index in [1.165, 1.54) is 25.3 Å². The molecule has 0 atom stereocenters. The third-order valence-corrected chi connectivity index (χ3v) is 3.36. The molecule has 1 N–H and O–H groups in total. The summed E-state index contributed by atoms with van der Waals surface area (Å²) < 4.78 is 0. The Morgan fingerprint density at radius 3 is 2.74 bits per heavy atom. The molecule has 5 heteroatoms. The Morgan fingerprint density at radius 2 is 2.05 bits per heavy atom. The average molecular weight is 301 g/mol. The van der Waals surface area contributed by atoms with Gasteiger partial charge in [0.05, 0.1) is 10.0 Å². The molecule has 3 nitrogen and oxygen atoms in total. The van der Waals surface area contributed by atoms with E-state index in [1.54, 1.807) is 18.3 Å². The van der Waals surface area contributed by atoms with Crippen LogP contribution in [0, 0.1) is 0 Å². The van der Waals surface area contributed by atoms with E-state index < -0.39 is 0 Å². The number of benzene rings is 1. The Kier molecular flexibility index (Phi) is 7.53. The zero-order valence-electron chi connectivity index (χ0n) is 11.0. The summed E-state index contributed by atoms with van der Waals surface area (Å²) in [7, 11) is 0. The predicted molar refractivity (Wildman–Crippen MR) is 81.2 cm³/mol. The number of hydrogen-bond donors (Lipinski definition) is 1. The molecule has 1 amide bonds. The van der Waals surface area contributed by atoms with Gasteiger partial charge in [-0.1, -0.05) is 49.4 Å². The van der Waals surface area contributed by atoms with Crippen molar-refractivity contribution in [1.29, 1.82) is 0 Å². The molecule has 0 saturated carbocycles. The second kappa shape index (κ2) is 8.94. The maximum Gasteiger partial charge on any atom is 0.271 e. The number of unbranched alkanes of at least 4 members (excludes halogenated alkanes) is 4. The number of nitrogens with one attached hydrogen (secondary N) is 1. The molecule has 0 aliphatic rings. The number of hydrazone groups is 1. The van der Waals surface area contributed by atoms with Gasteiger partial charge in [-0.15, -0.1) is 0 Å². The Bertz CT molecular complexity index is 447. The first-order valence-electron chi connectivity index (χ1n) is 6.42. The van der Waals surface area contributed by atoms with Crippen LogP contribution < -0.4 is 5.43 Å². The van der Waals surface area contributed by atoms with Crippen LogP contribution in [-0.4, -0.2) is 12.1 Å². The fourth-order valence-corrected chi connectivity index (χ4v) is 1.83. The highest BCUT2D eigenvalue weighted by molar-refractivity contribution is 6.42. The van der Waals surface area contributed by atoms with Crippen molar-refractivity contribution < 1.29 is 4.79 Å². The fourth-order valence-electron chi connectivity index (χ4n) is 1.53. The van der Waals surface area contributed by atoms with Gasteiger partial charge in [0.25, 0.3) is 5.91 Å². The van der Waals surface area contributed by atoms with Gasteiger partial charge in [-0.3, -0.25) is 4.79 Å². The minimum Gasteiger partial charge on any atom is -0.267 e. The predicted octanol–water partition coefficient (Wildman–Crippen LogP) is 4.68. The molecular formula is C14H18Cl2N2O. The molecule has 0 aromatic heterocycles. The topological polar surface area (TPSA) is 41.5 Å². The molecule has 19 heavy (non-hydrogen) atoms. The van der Waals surface area contributed by atoms with Crippen LogP contribution in [0.1, 0.15) is 49.4 Å². The lowest BCUT2D eigenvalue weighted by atomic mass is 10.2. The Morgan fingerprint density at radius 1 is 1.26 bits per heavy atom. The summed E-state index contributed by atoms with van der Waals surface area (Å²) in [6.07, 6.45) is 7.35. The molecule has 0 saturated heterocycles. The molecule has 0 radical (unpaired) electrons. The summed E-state index contributed by atoms with van der Waals surface area (Å²) in [5, 5.41) is 4.68. The highest BCUT2D eigenvalue weighted by Crippen LogP contribution is 2.22. The van der Waals surface area contributed by atoms with Gasteiger partial charge in [0, 0.05) is 11.8 Å². The summed E-state index contributed by atoms with van der Waals surface area (Å²) in [4.78, 5) is 11.7. The minimum atomic E-state index is -0.289. The maximum atomic E-state index is 11.7. The number of rotatable bonds is 7. The van der Waals surface area contributed by atoms with Crippen molar-refractivity contribution in [1.82, 2.24) is 5.43 Å². The lowest BCUT2D eigenvalue weighted by molar-refractivity contribution is 0.0955. The van der Waals surface area contributed by atoms with E-state index in [0.29, 0.717) is 15.6 Å². The molecule has 1 rings (SSSR count). The van der Waals surface area contributed by atoms with Gasteiger partial charge in [0.2, 0.25) is 0 Å². The summed E-state index contributed by atoms with van der Waals surface area (Å²) in [6.45, 7) is 2.17. The van der Waals surface area contributed by atoms with Crippen LogP contribution in [0.4, 0.5) is 0 Å². The van der Waals surface area contributed by atoms with Crippen molar-refractivity contribution >= 4 is 35.3 Å². The van der Waals surface area contributed by atoms with Crippen molar-refractivity contribution in [3.8, 4) is 0 Å². The van der Waals surface area contributed by atoms with Crippen molar-refractivity contribution in [2.24, 2.45) is 5.10 Å². The third-order valence-electron chi connectivity index (χ3n) is 2.63. The number of amides is 1. The van der Waals surface area contributed by atoms with Crippen molar-refractivity contribution in [3.05, 3.63) is 33.8 Å². The summed E-state index contributed by atoms with van der Waals surface area (Å²) in [5.74, 6) is -0.289. The van der Waals surface area contributed by atoms with E-state index in [2.05, 4.69) is 17.5 Å². The highest BCUT2D eigenvalue weighted by Gasteiger charge is 2.06. The van der Waals surface area contributed by atoms with Gasteiger partial charge in [-0.2, -0.15) is 5.10 Å². The van der Waals surface area contributed by atoms with Gasteiger partial charge in [0.15, 0.2) is 0 Å². The zero-order valence-corrected chi connectivity index (χ0v) is 12.5. The van der Waals surface area contributed by atoms with Crippen molar-refractivity contribution in [2.75, 3.05) is 0 Å². The van der Waals surface area contributed by atoms with Crippen LogP contribution in [0.3, 0.4) is 0 Å². The van der Waals surface area contributed by atoms with E-state index >= 15 is 0 Å². The van der Waals surface area contributed by atoms with Crippen molar-refractivity contribution in [3.63, 3.8) is 0 Å². The molecule has 0 fully saturated rings. The minimum absolute atomic E-state index is 0.289. The number of halogens is 2. The van der Waals surface area contributed by atoms with E-state index in [9.17, 15) is 4.79 Å². The second-order valence-electron chi connectivity index (χ2n) is 4.23. The van der Waals surface area contributed by atoms with Gasteiger partial charge in [-0.05, 0) is 31.0 Å². The van der Waals surface area contributed by atoms with Crippen LogP contribution in [0.2, 0.25) is 10.0 Å². The number of carbonyl (C=O) groups excluding carboxylic acids is 1. The summed E-state index contributed by atoms with van der Waals surface area (Å²) in [6, 6.07) is 4.73. The van der Waals surface area contributed by atoms with Crippen LogP contribution in [0.15, 0.2) is 23.3 Å². The highest BCUT2D eigenvalue weighted by atomic mass is 35.5. The second-order valence-corrected chi connectivity index (χ2v) is 5.05. The number of hydrogen-bond acceptors (Lipinski definition) is 2. The van der Waals surface area contributed by atoms with E-state index in [0.717, 1.165) is 12.8 Å². The molecule has 0 unspecified atom stereocenters. The molecule has 104 valence electrons. The Labute approximate surface area is 124 Å². The standard InChI is InChI=1S/C14H18Cl2N2O/c1-2-3-4-5-6-9-17-18-14(19)11-7-8-12(15)13(16)10-11/h7-10H,2-6H2,1H3,(H,18,19)/b17-9+. The average Bonchev–Trinajstić information content (AvgIpc) is 2.40. The quantitative estimate of drug-likeness (QED) is 0.443. The van der Waals surface area contributed by atoms with Crippen LogP contribution in [0.5, 0.6) is 0 Å². The van der Waals surface area contributed by atoms with Crippen LogP contribution in [-0.2, 0) is 0 Å². The summed E-state index contributed by atoms with van der Waals surface area (Å²) in [5.41, 5.74) is 2.91. The smallest absolute Gasteiger partial charge is 0.267 e. The SMILES string of the molecule is CCCCCC/C=N/NC(=O)c1ccc(Cl)c(Cl)c1. The van der Waals surface area contributed by atoms with Gasteiger partial charge < -0.3 is 0 Å². The lowest BCUT2D eigenvalue weighted by Gasteiger charge is -2.01. The molecule has 1 aromatic carbocycles. The molecule has 0 aliphatic carbocycles. The third kappa shape index (κ3) is 6.08. The maximum absolute atomic E-state index is 11.7. The first kappa shape index (κ1) is 16.0. The van der Waals surface area contributed by atoms with Gasteiger partial charge >= 0.3 is 0 Å². The van der Waals surface area contributed by atoms with Gasteiger partial charge in [0.1, 0.15) is 0 Å². The Balaban J connectivity index is 2.34. The monoisotopic (exact) mass is 300 g/mol. The van der Waals surface area contributed by atoms with Gasteiger partial charge in [-0.25, -0.2) is 5.43 Å². The normalized spacial score (nSPS) is 10.9. The van der Waals surface area contributed by atoms with Crippen LogP contribution >= 0.6 is 23.2 Å².